The van der Waals surface area contributed by atoms with Gasteiger partial charge in [0.2, 0.25) is 0 Å². The monoisotopic (exact) mass is 253 g/mol. The summed E-state index contributed by atoms with van der Waals surface area (Å²) in [5.74, 6) is 2.76. The van der Waals surface area contributed by atoms with Gasteiger partial charge in [-0.25, -0.2) is 4.98 Å². The zero-order valence-corrected chi connectivity index (χ0v) is 11.3. The van der Waals surface area contributed by atoms with Crippen LogP contribution in [0.5, 0.6) is 0 Å². The zero-order chi connectivity index (χ0) is 13.0. The van der Waals surface area contributed by atoms with Crippen molar-refractivity contribution in [2.24, 2.45) is 0 Å². The molecular formula is C16H19N3. The van der Waals surface area contributed by atoms with Crippen molar-refractivity contribution in [2.45, 2.75) is 44.6 Å². The number of nitrogen functional groups attached to an aromatic ring is 1. The third-order valence-electron chi connectivity index (χ3n) is 4.15. The number of nitrogens with zero attached hydrogens (tertiary/aromatic N) is 2. The Hall–Kier alpha value is -1.77. The fourth-order valence-electron chi connectivity index (χ4n) is 2.73. The highest BCUT2D eigenvalue weighted by Crippen LogP contribution is 2.47. The summed E-state index contributed by atoms with van der Waals surface area (Å²) in [7, 11) is 0. The topological polar surface area (TPSA) is 43.8 Å². The van der Waals surface area contributed by atoms with Crippen molar-refractivity contribution < 1.29 is 0 Å². The second-order valence-electron chi connectivity index (χ2n) is 5.95. The predicted octanol–water partition coefficient (Wildman–Crippen LogP) is 3.65. The van der Waals surface area contributed by atoms with Crippen LogP contribution < -0.4 is 5.73 Å². The van der Waals surface area contributed by atoms with Crippen molar-refractivity contribution in [3.8, 4) is 11.3 Å². The summed E-state index contributed by atoms with van der Waals surface area (Å²) in [5, 5.41) is 0. The fraction of sp³-hybridized carbons (Fsp3) is 0.438. The third kappa shape index (κ3) is 1.84. The standard InChI is InChI=1S/C16H19N3/c1-10-2-4-11(5-3-10)14-15(17)19(13-8-9-13)16(18-14)12-6-7-12/h2-5,12-13H,6-9,17H2,1H3. The molecule has 0 radical (unpaired) electrons. The summed E-state index contributed by atoms with van der Waals surface area (Å²) < 4.78 is 2.31. The van der Waals surface area contributed by atoms with Gasteiger partial charge < -0.3 is 10.3 Å². The molecule has 2 saturated carbocycles. The summed E-state index contributed by atoms with van der Waals surface area (Å²) in [6.07, 6.45) is 5.06. The van der Waals surface area contributed by atoms with Crippen LogP contribution in [0.1, 0.15) is 49.0 Å². The molecule has 98 valence electrons. The van der Waals surface area contributed by atoms with Gasteiger partial charge in [-0.2, -0.15) is 0 Å². The van der Waals surface area contributed by atoms with Crippen LogP contribution in [-0.2, 0) is 0 Å². The van der Waals surface area contributed by atoms with Gasteiger partial charge in [0, 0.05) is 17.5 Å². The van der Waals surface area contributed by atoms with Gasteiger partial charge in [-0.05, 0) is 32.6 Å². The first-order valence-electron chi connectivity index (χ1n) is 7.18. The maximum absolute atomic E-state index is 6.38. The first-order chi connectivity index (χ1) is 9.24. The van der Waals surface area contributed by atoms with Crippen LogP contribution >= 0.6 is 0 Å². The van der Waals surface area contributed by atoms with Crippen molar-refractivity contribution in [3.63, 3.8) is 0 Å². The predicted molar refractivity (Wildman–Crippen MR) is 77.1 cm³/mol. The first-order valence-corrected chi connectivity index (χ1v) is 7.18. The Labute approximate surface area is 113 Å². The maximum atomic E-state index is 6.38. The van der Waals surface area contributed by atoms with Crippen LogP contribution in [0.25, 0.3) is 11.3 Å². The maximum Gasteiger partial charge on any atom is 0.132 e. The highest BCUT2D eigenvalue weighted by molar-refractivity contribution is 5.71. The van der Waals surface area contributed by atoms with E-state index in [0.717, 1.165) is 17.1 Å². The lowest BCUT2D eigenvalue weighted by molar-refractivity contribution is 0.691. The Morgan fingerprint density at radius 1 is 1.11 bits per heavy atom. The van der Waals surface area contributed by atoms with Crippen molar-refractivity contribution in [3.05, 3.63) is 35.7 Å². The Kier molecular flexibility index (Phi) is 2.25. The molecule has 0 atom stereocenters. The lowest BCUT2D eigenvalue weighted by Crippen LogP contribution is -2.04. The van der Waals surface area contributed by atoms with Gasteiger partial charge in [-0.15, -0.1) is 0 Å². The van der Waals surface area contributed by atoms with Crippen molar-refractivity contribution >= 4 is 5.82 Å². The minimum Gasteiger partial charge on any atom is -0.383 e. The van der Waals surface area contributed by atoms with E-state index in [4.69, 9.17) is 10.7 Å². The summed E-state index contributed by atoms with van der Waals surface area (Å²) in [5.41, 5.74) is 9.77. The van der Waals surface area contributed by atoms with Gasteiger partial charge in [0.05, 0.1) is 0 Å². The quantitative estimate of drug-likeness (QED) is 0.907. The molecule has 2 aliphatic rings. The van der Waals surface area contributed by atoms with Crippen molar-refractivity contribution in [2.75, 3.05) is 5.73 Å². The molecule has 0 amide bonds. The number of rotatable bonds is 3. The van der Waals surface area contributed by atoms with E-state index in [0.29, 0.717) is 12.0 Å². The van der Waals surface area contributed by atoms with E-state index < -0.39 is 0 Å². The van der Waals surface area contributed by atoms with Gasteiger partial charge in [0.15, 0.2) is 0 Å². The first kappa shape index (κ1) is 11.1. The number of aromatic nitrogens is 2. The number of hydrogen-bond acceptors (Lipinski definition) is 2. The molecule has 1 aromatic carbocycles. The third-order valence-corrected chi connectivity index (χ3v) is 4.15. The molecule has 3 nitrogen and oxygen atoms in total. The average Bonchev–Trinajstić information content (AvgIpc) is 3.30. The van der Waals surface area contributed by atoms with Gasteiger partial charge in [-0.1, -0.05) is 29.8 Å². The highest BCUT2D eigenvalue weighted by Gasteiger charge is 2.36. The SMILES string of the molecule is Cc1ccc(-c2nc(C3CC3)n(C3CC3)c2N)cc1. The molecular weight excluding hydrogens is 234 g/mol. The Balaban J connectivity index is 1.83. The van der Waals surface area contributed by atoms with E-state index in [-0.39, 0.29) is 0 Å². The van der Waals surface area contributed by atoms with Crippen LogP contribution in [0, 0.1) is 6.92 Å². The minimum absolute atomic E-state index is 0.613. The van der Waals surface area contributed by atoms with E-state index in [2.05, 4.69) is 35.8 Å². The lowest BCUT2D eigenvalue weighted by Gasteiger charge is -2.07. The average molecular weight is 253 g/mol. The second kappa shape index (κ2) is 3.86. The molecule has 1 heterocycles. The lowest BCUT2D eigenvalue weighted by atomic mass is 10.1. The summed E-state index contributed by atoms with van der Waals surface area (Å²) in [4.78, 5) is 4.87. The van der Waals surface area contributed by atoms with E-state index in [1.54, 1.807) is 0 Å². The van der Waals surface area contributed by atoms with Crippen LogP contribution in [-0.4, -0.2) is 9.55 Å². The van der Waals surface area contributed by atoms with E-state index in [9.17, 15) is 0 Å². The van der Waals surface area contributed by atoms with Gasteiger partial charge in [0.25, 0.3) is 0 Å². The fourth-order valence-corrected chi connectivity index (χ4v) is 2.73. The number of imidazole rings is 1. The number of nitrogens with two attached hydrogens (primary N) is 1. The molecule has 0 unspecified atom stereocenters. The Morgan fingerprint density at radius 3 is 2.37 bits per heavy atom. The molecule has 19 heavy (non-hydrogen) atoms. The molecule has 0 bridgehead atoms. The molecule has 2 aliphatic carbocycles. The van der Waals surface area contributed by atoms with Crippen molar-refractivity contribution in [1.82, 2.24) is 9.55 Å². The number of aryl methyl sites for hydroxylation is 1. The number of anilines is 1. The molecule has 0 saturated heterocycles. The van der Waals surface area contributed by atoms with E-state index in [1.165, 1.54) is 37.1 Å². The summed E-state index contributed by atoms with van der Waals surface area (Å²) >= 11 is 0. The molecule has 2 fully saturated rings. The molecule has 3 heteroatoms. The smallest absolute Gasteiger partial charge is 0.132 e. The van der Waals surface area contributed by atoms with Crippen LogP contribution in [0.15, 0.2) is 24.3 Å². The van der Waals surface area contributed by atoms with Crippen molar-refractivity contribution in [1.29, 1.82) is 0 Å². The molecule has 1 aromatic heterocycles. The van der Waals surface area contributed by atoms with Gasteiger partial charge in [-0.3, -0.25) is 0 Å². The number of benzene rings is 1. The largest absolute Gasteiger partial charge is 0.383 e. The van der Waals surface area contributed by atoms with Crippen LogP contribution in [0.2, 0.25) is 0 Å². The highest BCUT2D eigenvalue weighted by atomic mass is 15.2. The minimum atomic E-state index is 0.613. The van der Waals surface area contributed by atoms with Crippen LogP contribution in [0.4, 0.5) is 5.82 Å². The number of hydrogen-bond donors (Lipinski definition) is 1. The molecule has 0 spiro atoms. The summed E-state index contributed by atoms with van der Waals surface area (Å²) in [6, 6.07) is 9.12. The van der Waals surface area contributed by atoms with Crippen LogP contribution in [0.3, 0.4) is 0 Å². The molecule has 0 aliphatic heterocycles. The Bertz CT molecular complexity index is 616. The second-order valence-corrected chi connectivity index (χ2v) is 5.95. The zero-order valence-electron chi connectivity index (χ0n) is 11.3. The normalized spacial score (nSPS) is 18.8. The Morgan fingerprint density at radius 2 is 1.79 bits per heavy atom. The van der Waals surface area contributed by atoms with Gasteiger partial charge in [0.1, 0.15) is 17.3 Å². The molecule has 2 aromatic rings. The van der Waals surface area contributed by atoms with E-state index >= 15 is 0 Å². The molecule has 4 rings (SSSR count). The van der Waals surface area contributed by atoms with E-state index in [1.807, 2.05) is 0 Å². The van der Waals surface area contributed by atoms with Gasteiger partial charge >= 0.3 is 0 Å². The molecule has 2 N–H and O–H groups in total. The summed E-state index contributed by atoms with van der Waals surface area (Å²) in [6.45, 7) is 2.10.